The maximum absolute atomic E-state index is 11.2. The molecule has 0 bridgehead atoms. The number of carbonyl (C=O) groups excluding carboxylic acids is 1. The Kier molecular flexibility index (Phi) is 3.21. The standard InChI is InChI=1S/C10H11N3O/c1-7-2-4-8(5-3-7)13-10(14)9(12)6-11/h2-5,9H,12H2,1H3,(H,13,14)/t9-/m0/s1. The van der Waals surface area contributed by atoms with Gasteiger partial charge in [0.15, 0.2) is 6.04 Å². The lowest BCUT2D eigenvalue weighted by Gasteiger charge is -2.05. The SMILES string of the molecule is Cc1ccc(NC(=O)[C@@H](N)C#N)cc1. The first-order valence-corrected chi connectivity index (χ1v) is 4.16. The molecule has 14 heavy (non-hydrogen) atoms. The number of anilines is 1. The molecule has 1 amide bonds. The van der Waals surface area contributed by atoms with Crippen molar-refractivity contribution in [1.82, 2.24) is 0 Å². The quantitative estimate of drug-likeness (QED) is 0.721. The van der Waals surface area contributed by atoms with Gasteiger partial charge in [-0.15, -0.1) is 0 Å². The monoisotopic (exact) mass is 189 g/mol. The van der Waals surface area contributed by atoms with E-state index in [2.05, 4.69) is 5.32 Å². The minimum atomic E-state index is -1.11. The molecule has 0 aliphatic heterocycles. The topological polar surface area (TPSA) is 78.9 Å². The lowest BCUT2D eigenvalue weighted by atomic mass is 10.2. The van der Waals surface area contributed by atoms with E-state index >= 15 is 0 Å². The minimum absolute atomic E-state index is 0.489. The van der Waals surface area contributed by atoms with Crippen LogP contribution < -0.4 is 11.1 Å². The Balaban J connectivity index is 2.66. The molecule has 1 aromatic rings. The van der Waals surface area contributed by atoms with Crippen molar-refractivity contribution in [3.8, 4) is 6.07 Å². The van der Waals surface area contributed by atoms with Gasteiger partial charge in [0, 0.05) is 5.69 Å². The number of nitriles is 1. The molecule has 0 spiro atoms. The maximum Gasteiger partial charge on any atom is 0.255 e. The van der Waals surface area contributed by atoms with Crippen LogP contribution in [0.15, 0.2) is 24.3 Å². The zero-order valence-electron chi connectivity index (χ0n) is 7.82. The molecule has 0 radical (unpaired) electrons. The number of hydrogen-bond acceptors (Lipinski definition) is 3. The fraction of sp³-hybridized carbons (Fsp3) is 0.200. The summed E-state index contributed by atoms with van der Waals surface area (Å²) in [6.07, 6.45) is 0. The smallest absolute Gasteiger partial charge is 0.255 e. The van der Waals surface area contributed by atoms with Crippen LogP contribution in [-0.4, -0.2) is 11.9 Å². The number of nitrogens with one attached hydrogen (secondary N) is 1. The third-order valence-electron chi connectivity index (χ3n) is 1.74. The Morgan fingerprint density at radius 3 is 2.57 bits per heavy atom. The molecule has 1 aromatic carbocycles. The largest absolute Gasteiger partial charge is 0.324 e. The average Bonchev–Trinajstić information content (AvgIpc) is 2.20. The van der Waals surface area contributed by atoms with Crippen molar-refractivity contribution in [3.63, 3.8) is 0 Å². The maximum atomic E-state index is 11.2. The number of aryl methyl sites for hydroxylation is 1. The van der Waals surface area contributed by atoms with Crippen LogP contribution in [0.5, 0.6) is 0 Å². The molecule has 0 fully saturated rings. The van der Waals surface area contributed by atoms with Crippen molar-refractivity contribution in [2.45, 2.75) is 13.0 Å². The Morgan fingerprint density at radius 2 is 2.07 bits per heavy atom. The first-order chi connectivity index (χ1) is 6.63. The van der Waals surface area contributed by atoms with Gasteiger partial charge < -0.3 is 11.1 Å². The Morgan fingerprint density at radius 1 is 1.50 bits per heavy atom. The van der Waals surface area contributed by atoms with Gasteiger partial charge in [0.05, 0.1) is 6.07 Å². The number of hydrogen-bond donors (Lipinski definition) is 2. The van der Waals surface area contributed by atoms with Crippen LogP contribution in [0.1, 0.15) is 5.56 Å². The first kappa shape index (κ1) is 10.2. The zero-order valence-corrected chi connectivity index (χ0v) is 7.82. The van der Waals surface area contributed by atoms with Crippen LogP contribution in [0.25, 0.3) is 0 Å². The van der Waals surface area contributed by atoms with Crippen molar-refractivity contribution >= 4 is 11.6 Å². The zero-order chi connectivity index (χ0) is 10.6. The first-order valence-electron chi connectivity index (χ1n) is 4.16. The van der Waals surface area contributed by atoms with Gasteiger partial charge in [0.1, 0.15) is 0 Å². The summed E-state index contributed by atoms with van der Waals surface area (Å²) in [6, 6.07) is 7.81. The third-order valence-corrected chi connectivity index (χ3v) is 1.74. The Hall–Kier alpha value is -1.86. The second kappa shape index (κ2) is 4.40. The number of nitrogens with zero attached hydrogens (tertiary/aromatic N) is 1. The molecule has 0 saturated carbocycles. The molecule has 4 heteroatoms. The molecule has 0 aliphatic rings. The summed E-state index contributed by atoms with van der Waals surface area (Å²) in [6.45, 7) is 1.95. The molecule has 0 unspecified atom stereocenters. The van der Waals surface area contributed by atoms with E-state index in [-0.39, 0.29) is 0 Å². The average molecular weight is 189 g/mol. The van der Waals surface area contributed by atoms with Gasteiger partial charge in [-0.1, -0.05) is 17.7 Å². The summed E-state index contributed by atoms with van der Waals surface area (Å²) < 4.78 is 0. The van der Waals surface area contributed by atoms with E-state index in [1.165, 1.54) is 0 Å². The van der Waals surface area contributed by atoms with E-state index in [4.69, 9.17) is 11.0 Å². The normalized spacial score (nSPS) is 11.5. The van der Waals surface area contributed by atoms with Crippen LogP contribution in [0.4, 0.5) is 5.69 Å². The number of benzene rings is 1. The third kappa shape index (κ3) is 2.57. The lowest BCUT2D eigenvalue weighted by molar-refractivity contribution is -0.116. The Bertz CT molecular complexity index is 364. The van der Waals surface area contributed by atoms with Crippen molar-refractivity contribution in [2.24, 2.45) is 5.73 Å². The van der Waals surface area contributed by atoms with Gasteiger partial charge in [0.2, 0.25) is 0 Å². The molecular formula is C10H11N3O. The molecule has 1 rings (SSSR count). The highest BCUT2D eigenvalue weighted by Gasteiger charge is 2.11. The molecule has 72 valence electrons. The highest BCUT2D eigenvalue weighted by molar-refractivity contribution is 5.96. The second-order valence-electron chi connectivity index (χ2n) is 2.96. The van der Waals surface area contributed by atoms with Gasteiger partial charge in [0.25, 0.3) is 5.91 Å². The highest BCUT2D eigenvalue weighted by atomic mass is 16.2. The fourth-order valence-corrected chi connectivity index (χ4v) is 0.916. The summed E-state index contributed by atoms with van der Waals surface area (Å²) in [7, 11) is 0. The highest BCUT2D eigenvalue weighted by Crippen LogP contribution is 2.08. The summed E-state index contributed by atoms with van der Waals surface area (Å²) in [5.41, 5.74) is 6.97. The van der Waals surface area contributed by atoms with E-state index in [1.54, 1.807) is 18.2 Å². The van der Waals surface area contributed by atoms with Crippen LogP contribution in [0.3, 0.4) is 0 Å². The summed E-state index contributed by atoms with van der Waals surface area (Å²) >= 11 is 0. The van der Waals surface area contributed by atoms with E-state index in [0.29, 0.717) is 5.69 Å². The summed E-state index contributed by atoms with van der Waals surface area (Å²) in [4.78, 5) is 11.2. The van der Waals surface area contributed by atoms with E-state index in [0.717, 1.165) is 5.56 Å². The molecule has 0 aromatic heterocycles. The summed E-state index contributed by atoms with van der Waals surface area (Å²) in [5.74, 6) is -0.489. The van der Waals surface area contributed by atoms with Crippen LogP contribution in [0.2, 0.25) is 0 Å². The van der Waals surface area contributed by atoms with Crippen molar-refractivity contribution in [3.05, 3.63) is 29.8 Å². The molecule has 0 aliphatic carbocycles. The second-order valence-corrected chi connectivity index (χ2v) is 2.96. The van der Waals surface area contributed by atoms with Gasteiger partial charge >= 0.3 is 0 Å². The molecule has 0 heterocycles. The molecule has 0 saturated heterocycles. The van der Waals surface area contributed by atoms with Gasteiger partial charge in [-0.05, 0) is 19.1 Å². The minimum Gasteiger partial charge on any atom is -0.324 e. The van der Waals surface area contributed by atoms with Gasteiger partial charge in [-0.25, -0.2) is 0 Å². The van der Waals surface area contributed by atoms with Crippen molar-refractivity contribution < 1.29 is 4.79 Å². The van der Waals surface area contributed by atoms with E-state index in [9.17, 15) is 4.79 Å². The molecule has 1 atom stereocenters. The molecular weight excluding hydrogens is 178 g/mol. The van der Waals surface area contributed by atoms with Crippen LogP contribution in [0, 0.1) is 18.3 Å². The summed E-state index contributed by atoms with van der Waals surface area (Å²) in [5, 5.41) is 10.9. The van der Waals surface area contributed by atoms with Gasteiger partial charge in [-0.3, -0.25) is 4.79 Å². The number of amides is 1. The number of nitrogens with two attached hydrogens (primary N) is 1. The van der Waals surface area contributed by atoms with E-state index < -0.39 is 11.9 Å². The fourth-order valence-electron chi connectivity index (χ4n) is 0.916. The van der Waals surface area contributed by atoms with Crippen molar-refractivity contribution in [2.75, 3.05) is 5.32 Å². The van der Waals surface area contributed by atoms with Crippen LogP contribution in [-0.2, 0) is 4.79 Å². The van der Waals surface area contributed by atoms with E-state index in [1.807, 2.05) is 19.1 Å². The number of rotatable bonds is 2. The number of carbonyl (C=O) groups is 1. The Labute approximate surface area is 82.3 Å². The van der Waals surface area contributed by atoms with Crippen molar-refractivity contribution in [1.29, 1.82) is 5.26 Å². The lowest BCUT2D eigenvalue weighted by Crippen LogP contribution is -2.33. The predicted molar refractivity (Wildman–Crippen MR) is 53.4 cm³/mol. The van der Waals surface area contributed by atoms with Crippen LogP contribution >= 0.6 is 0 Å². The predicted octanol–water partition coefficient (Wildman–Crippen LogP) is 0.784. The molecule has 4 nitrogen and oxygen atoms in total. The molecule has 3 N–H and O–H groups in total. The van der Waals surface area contributed by atoms with Gasteiger partial charge in [-0.2, -0.15) is 5.26 Å².